The summed E-state index contributed by atoms with van der Waals surface area (Å²) in [7, 11) is -2.94. The lowest BCUT2D eigenvalue weighted by molar-refractivity contribution is 0.102. The van der Waals surface area contributed by atoms with Crippen LogP contribution >= 0.6 is 0 Å². The zero-order chi connectivity index (χ0) is 32.3. The molecule has 0 bridgehead atoms. The molecule has 2 aromatic heterocycles. The Morgan fingerprint density at radius 2 is 2.07 bits per heavy atom. The first-order chi connectivity index (χ1) is 21.5. The predicted octanol–water partition coefficient (Wildman–Crippen LogP) is 3.25. The van der Waals surface area contributed by atoms with Crippen molar-refractivity contribution in [1.82, 2.24) is 15.0 Å². The molecule has 1 aliphatic rings. The molecule has 0 unspecified atom stereocenters. The smallest absolute Gasteiger partial charge is 0.274 e. The molecule has 1 amide bonds. The molecule has 42 heavy (non-hydrogen) atoms. The number of amides is 1. The fourth-order valence-corrected chi connectivity index (χ4v) is 4.92. The van der Waals surface area contributed by atoms with Crippen molar-refractivity contribution in [3.63, 3.8) is 0 Å². The number of nitrogens with zero attached hydrogens (tertiary/aromatic N) is 6. The third-order valence-corrected chi connectivity index (χ3v) is 6.91. The van der Waals surface area contributed by atoms with Gasteiger partial charge in [-0.3, -0.25) is 9.78 Å². The number of carbonyl (C=O) groups excluding carboxylic acids is 1. The van der Waals surface area contributed by atoms with Crippen molar-refractivity contribution in [1.29, 1.82) is 10.5 Å². The van der Waals surface area contributed by atoms with Crippen LogP contribution in [0, 0.1) is 28.5 Å². The number of benzene rings is 2. The van der Waals surface area contributed by atoms with Gasteiger partial charge in [-0.15, -0.1) is 0 Å². The molecule has 11 nitrogen and oxygen atoms in total. The molecule has 12 heteroatoms. The van der Waals surface area contributed by atoms with E-state index in [0.29, 0.717) is 41.0 Å². The Morgan fingerprint density at radius 3 is 2.83 bits per heavy atom. The quantitative estimate of drug-likeness (QED) is 0.301. The van der Waals surface area contributed by atoms with Crippen molar-refractivity contribution in [2.45, 2.75) is 18.5 Å². The Bertz CT molecular complexity index is 1860. The van der Waals surface area contributed by atoms with Gasteiger partial charge in [0, 0.05) is 36.7 Å². The van der Waals surface area contributed by atoms with Crippen LogP contribution in [0.25, 0.3) is 22.5 Å². The van der Waals surface area contributed by atoms with Crippen molar-refractivity contribution in [3.05, 3.63) is 83.7 Å². The molecular formula is C30H25FN8O3. The van der Waals surface area contributed by atoms with Crippen LogP contribution in [0.3, 0.4) is 0 Å². The Balaban J connectivity index is 1.55. The second kappa shape index (κ2) is 12.0. The van der Waals surface area contributed by atoms with E-state index in [1.165, 1.54) is 18.5 Å². The van der Waals surface area contributed by atoms with Crippen molar-refractivity contribution in [2.24, 2.45) is 5.73 Å². The van der Waals surface area contributed by atoms with Gasteiger partial charge in [0.05, 0.1) is 57.9 Å². The van der Waals surface area contributed by atoms with E-state index in [9.17, 15) is 20.4 Å². The van der Waals surface area contributed by atoms with Crippen LogP contribution in [-0.4, -0.2) is 58.2 Å². The molecule has 0 spiro atoms. The number of nitriles is 2. The number of anilines is 2. The lowest BCUT2D eigenvalue weighted by Gasteiger charge is -2.28. The lowest BCUT2D eigenvalue weighted by atomic mass is 10.0. The molecule has 2 aromatic carbocycles. The van der Waals surface area contributed by atoms with Crippen LogP contribution < -0.4 is 20.7 Å². The molecule has 0 aliphatic carbocycles. The summed E-state index contributed by atoms with van der Waals surface area (Å²) in [5.74, 6) is -2.64. The van der Waals surface area contributed by atoms with E-state index in [1.54, 1.807) is 36.5 Å². The van der Waals surface area contributed by atoms with Crippen LogP contribution in [0.2, 0.25) is 0 Å². The molecule has 5 rings (SSSR count). The second-order valence-corrected chi connectivity index (χ2v) is 9.48. The Hall–Kier alpha value is -5.43. The van der Waals surface area contributed by atoms with Gasteiger partial charge in [-0.2, -0.15) is 10.5 Å². The maximum absolute atomic E-state index is 15.3. The van der Waals surface area contributed by atoms with E-state index in [4.69, 9.17) is 14.6 Å². The Kier molecular flexibility index (Phi) is 6.95. The van der Waals surface area contributed by atoms with Crippen molar-refractivity contribution in [3.8, 4) is 40.4 Å². The number of aliphatic hydroxyl groups excluding tert-OH is 1. The van der Waals surface area contributed by atoms with Gasteiger partial charge in [0.15, 0.2) is 11.6 Å². The molecule has 0 radical (unpaired) electrons. The summed E-state index contributed by atoms with van der Waals surface area (Å²) in [6.07, 6.45) is 4.76. The molecule has 1 fully saturated rings. The first kappa shape index (κ1) is 24.4. The summed E-state index contributed by atoms with van der Waals surface area (Å²) in [5.41, 5.74) is 7.59. The summed E-state index contributed by atoms with van der Waals surface area (Å²) >= 11 is 0. The summed E-state index contributed by atoms with van der Waals surface area (Å²) in [5, 5.41) is 31.8. The molecule has 210 valence electrons. The topological polar surface area (TPSA) is 174 Å². The summed E-state index contributed by atoms with van der Waals surface area (Å²) in [6, 6.07) is 13.4. The number of hydrogen-bond donors (Lipinski definition) is 3. The number of halogens is 1. The molecule has 4 aromatic rings. The summed E-state index contributed by atoms with van der Waals surface area (Å²) in [6.45, 7) is 0.193. The molecule has 3 heterocycles. The van der Waals surface area contributed by atoms with Crippen LogP contribution in [0.15, 0.2) is 61.1 Å². The number of aromatic nitrogens is 3. The van der Waals surface area contributed by atoms with E-state index in [0.717, 1.165) is 12.1 Å². The third-order valence-electron chi connectivity index (χ3n) is 6.91. The molecule has 1 saturated heterocycles. The fourth-order valence-electron chi connectivity index (χ4n) is 4.92. The molecule has 4 N–H and O–H groups in total. The first-order valence-electron chi connectivity index (χ1n) is 14.2. The molecule has 2 atom stereocenters. The Morgan fingerprint density at radius 1 is 1.24 bits per heavy atom. The number of rotatable bonds is 7. The number of ether oxygens (including phenoxy) is 1. The highest BCUT2D eigenvalue weighted by Gasteiger charge is 2.32. The maximum Gasteiger partial charge on any atom is 0.274 e. The van der Waals surface area contributed by atoms with Gasteiger partial charge in [0.2, 0.25) is 0 Å². The van der Waals surface area contributed by atoms with Gasteiger partial charge < -0.3 is 25.8 Å². The minimum Gasteiger partial charge on any atom is -0.496 e. The van der Waals surface area contributed by atoms with Crippen LogP contribution in [-0.2, 0) is 0 Å². The number of aliphatic hydroxyl groups is 1. The number of methoxy groups -OCH3 is 1. The first-order valence-corrected chi connectivity index (χ1v) is 12.7. The van der Waals surface area contributed by atoms with E-state index in [-0.39, 0.29) is 30.2 Å². The van der Waals surface area contributed by atoms with Crippen molar-refractivity contribution < 1.29 is 23.1 Å². The number of nitrogens with one attached hydrogen (secondary N) is 1. The normalized spacial score (nSPS) is 17.4. The van der Waals surface area contributed by atoms with E-state index in [1.807, 2.05) is 4.90 Å². The number of pyridine rings is 1. The maximum atomic E-state index is 15.3. The zero-order valence-electron chi connectivity index (χ0n) is 25.0. The van der Waals surface area contributed by atoms with Crippen molar-refractivity contribution in [2.75, 3.05) is 30.4 Å². The third kappa shape index (κ3) is 5.32. The Labute approximate surface area is 244 Å². The summed E-state index contributed by atoms with van der Waals surface area (Å²) in [4.78, 5) is 27.7. The lowest BCUT2D eigenvalue weighted by Crippen LogP contribution is -2.33. The number of nitrogens with two attached hydrogens (primary N) is 1. The van der Waals surface area contributed by atoms with Gasteiger partial charge >= 0.3 is 0 Å². The van der Waals surface area contributed by atoms with Crippen LogP contribution in [0.5, 0.6) is 5.75 Å². The SMILES string of the molecule is [2H]C([2H])([2H])Oc1ccc(C#N)c(F)c1-c1nccc(C(=O)Nc2ccc(-c3cnccc3C#N)cc2N2C[C@@H](N)C[C@H]2CO)n1. The fraction of sp³-hybridized carbons (Fsp3) is 0.200. The molecular weight excluding hydrogens is 539 g/mol. The highest BCUT2D eigenvalue weighted by molar-refractivity contribution is 6.05. The molecule has 0 saturated carbocycles. The predicted molar refractivity (Wildman–Crippen MR) is 152 cm³/mol. The van der Waals surface area contributed by atoms with Crippen molar-refractivity contribution >= 4 is 17.3 Å². The van der Waals surface area contributed by atoms with Gasteiger partial charge in [-0.05, 0) is 48.4 Å². The summed E-state index contributed by atoms with van der Waals surface area (Å²) < 4.78 is 42.5. The van der Waals surface area contributed by atoms with Crippen LogP contribution in [0.4, 0.5) is 15.8 Å². The largest absolute Gasteiger partial charge is 0.496 e. The van der Waals surface area contributed by atoms with Gasteiger partial charge in [0.1, 0.15) is 17.5 Å². The highest BCUT2D eigenvalue weighted by Crippen LogP contribution is 2.37. The second-order valence-electron chi connectivity index (χ2n) is 9.48. The average Bonchev–Trinajstić information content (AvgIpc) is 3.41. The minimum atomic E-state index is -2.94. The standard InChI is InChI=1S/C30H25FN8O3/c1-42-26-5-3-19(13-33)28(31)27(26)29-36-9-7-24(37-29)30(41)38-23-4-2-17(22-14-35-8-6-18(22)12-32)10-25(23)39-15-20(34)11-21(39)16-40/h2-10,14,20-21,40H,11,15-16,34H2,1H3,(H,38,41)/t20-,21-/m0/s1/i1D3. The highest BCUT2D eigenvalue weighted by atomic mass is 19.1. The molecule has 1 aliphatic heterocycles. The monoisotopic (exact) mass is 567 g/mol. The number of carbonyl (C=O) groups is 1. The van der Waals surface area contributed by atoms with Crippen LogP contribution in [0.1, 0.15) is 32.1 Å². The minimum absolute atomic E-state index is 0.190. The zero-order valence-corrected chi connectivity index (χ0v) is 22.0. The van der Waals surface area contributed by atoms with Gasteiger partial charge in [-0.1, -0.05) is 6.07 Å². The van der Waals surface area contributed by atoms with E-state index >= 15 is 4.39 Å². The number of hydrogen-bond acceptors (Lipinski definition) is 10. The van der Waals surface area contributed by atoms with E-state index in [2.05, 4.69) is 26.3 Å². The average molecular weight is 568 g/mol. The van der Waals surface area contributed by atoms with E-state index < -0.39 is 35.6 Å². The van der Waals surface area contributed by atoms with Gasteiger partial charge in [0.25, 0.3) is 5.91 Å². The van der Waals surface area contributed by atoms with Gasteiger partial charge in [-0.25, -0.2) is 14.4 Å².